The number of sulfonamides is 1. The van der Waals surface area contributed by atoms with Crippen LogP contribution in [0.25, 0.3) is 11.0 Å². The predicted molar refractivity (Wildman–Crippen MR) is 136 cm³/mol. The fraction of sp³-hybridized carbons (Fsp3) is 0.261. The standard InChI is InChI=1S/C23H19ClF3N5O4S2/c24-14-5-1-4-8-18(14)38(33,34)31-20-21(30-16-7-3-2-6-15(16)29-20)36-19(23(25,26)27)17-13-28-22(37-17)32-9-11-35-12-10-32/h1-8,13,19H,9-12H2,(H,29,31). The Morgan fingerprint density at radius 1 is 1.05 bits per heavy atom. The highest BCUT2D eigenvalue weighted by Crippen LogP contribution is 2.42. The molecule has 1 saturated heterocycles. The molecule has 15 heteroatoms. The molecule has 2 aromatic heterocycles. The molecule has 3 heterocycles. The highest BCUT2D eigenvalue weighted by atomic mass is 35.5. The van der Waals surface area contributed by atoms with Gasteiger partial charge in [0.05, 0.1) is 34.1 Å². The van der Waals surface area contributed by atoms with Crippen molar-refractivity contribution in [1.82, 2.24) is 15.0 Å². The molecule has 0 saturated carbocycles. The maximum atomic E-state index is 14.3. The summed E-state index contributed by atoms with van der Waals surface area (Å²) in [5.74, 6) is -1.17. The van der Waals surface area contributed by atoms with Gasteiger partial charge in [-0.1, -0.05) is 47.2 Å². The maximum Gasteiger partial charge on any atom is 0.430 e. The Hall–Kier alpha value is -3.20. The Morgan fingerprint density at radius 2 is 1.71 bits per heavy atom. The molecular weight excluding hydrogens is 567 g/mol. The van der Waals surface area contributed by atoms with E-state index in [9.17, 15) is 21.6 Å². The Morgan fingerprint density at radius 3 is 2.39 bits per heavy atom. The molecular formula is C23H19ClF3N5O4S2. The number of thiazole rings is 1. The number of morpholine rings is 1. The third-order valence-corrected chi connectivity index (χ3v) is 8.41. The van der Waals surface area contributed by atoms with Gasteiger partial charge in [-0.05, 0) is 24.3 Å². The molecule has 1 aliphatic heterocycles. The lowest BCUT2D eigenvalue weighted by Gasteiger charge is -2.26. The molecule has 1 aliphatic rings. The van der Waals surface area contributed by atoms with Crippen LogP contribution in [0.2, 0.25) is 5.02 Å². The molecule has 0 radical (unpaired) electrons. The minimum atomic E-state index is -4.87. The first-order valence-electron chi connectivity index (χ1n) is 11.2. The van der Waals surface area contributed by atoms with Gasteiger partial charge >= 0.3 is 6.18 Å². The molecule has 2 aromatic carbocycles. The van der Waals surface area contributed by atoms with Crippen molar-refractivity contribution < 1.29 is 31.1 Å². The Balaban J connectivity index is 1.54. The summed E-state index contributed by atoms with van der Waals surface area (Å²) in [6, 6.07) is 11.9. The maximum absolute atomic E-state index is 14.3. The summed E-state index contributed by atoms with van der Waals surface area (Å²) < 4.78 is 81.8. The van der Waals surface area contributed by atoms with E-state index < -0.39 is 34.0 Å². The molecule has 0 spiro atoms. The van der Waals surface area contributed by atoms with Crippen molar-refractivity contribution in [3.63, 3.8) is 0 Å². The number of nitrogens with zero attached hydrogens (tertiary/aromatic N) is 4. The minimum Gasteiger partial charge on any atom is -0.456 e. The molecule has 5 rings (SSSR count). The van der Waals surface area contributed by atoms with Crippen LogP contribution < -0.4 is 14.4 Å². The number of ether oxygens (including phenoxy) is 2. The number of para-hydroxylation sites is 2. The lowest BCUT2D eigenvalue weighted by molar-refractivity contribution is -0.197. The molecule has 1 unspecified atom stereocenters. The molecule has 38 heavy (non-hydrogen) atoms. The zero-order valence-electron chi connectivity index (χ0n) is 19.4. The van der Waals surface area contributed by atoms with Gasteiger partial charge in [-0.3, -0.25) is 4.72 Å². The molecule has 4 aromatic rings. The molecule has 200 valence electrons. The van der Waals surface area contributed by atoms with Crippen LogP contribution in [0.4, 0.5) is 24.1 Å². The van der Waals surface area contributed by atoms with E-state index in [2.05, 4.69) is 19.7 Å². The minimum absolute atomic E-state index is 0.0790. The lowest BCUT2D eigenvalue weighted by Crippen LogP contribution is -2.36. The Kier molecular flexibility index (Phi) is 7.31. The van der Waals surface area contributed by atoms with Gasteiger partial charge in [0, 0.05) is 19.3 Å². The number of hydrogen-bond acceptors (Lipinski definition) is 9. The van der Waals surface area contributed by atoms with Crippen molar-refractivity contribution in [2.75, 3.05) is 35.9 Å². The predicted octanol–water partition coefficient (Wildman–Crippen LogP) is 5.06. The second kappa shape index (κ2) is 10.5. The van der Waals surface area contributed by atoms with Gasteiger partial charge < -0.3 is 14.4 Å². The van der Waals surface area contributed by atoms with E-state index in [0.717, 1.165) is 17.5 Å². The van der Waals surface area contributed by atoms with Gasteiger partial charge in [0.2, 0.25) is 11.9 Å². The highest BCUT2D eigenvalue weighted by molar-refractivity contribution is 7.92. The van der Waals surface area contributed by atoms with E-state index in [1.807, 2.05) is 4.90 Å². The van der Waals surface area contributed by atoms with Crippen LogP contribution in [-0.4, -0.2) is 55.8 Å². The monoisotopic (exact) mass is 585 g/mol. The van der Waals surface area contributed by atoms with E-state index >= 15 is 0 Å². The van der Waals surface area contributed by atoms with Crippen LogP contribution in [0.5, 0.6) is 5.88 Å². The average Bonchev–Trinajstić information content (AvgIpc) is 3.37. The van der Waals surface area contributed by atoms with Gasteiger partial charge in [0.1, 0.15) is 4.90 Å². The van der Waals surface area contributed by atoms with Crippen molar-refractivity contribution in [2.45, 2.75) is 17.2 Å². The van der Waals surface area contributed by atoms with Crippen LogP contribution in [-0.2, 0) is 14.8 Å². The SMILES string of the molecule is O=S(=O)(Nc1nc2ccccc2nc1OC(c1cnc(N2CCOCC2)s1)C(F)(F)F)c1ccccc1Cl. The van der Waals surface area contributed by atoms with E-state index in [4.69, 9.17) is 21.1 Å². The zero-order valence-corrected chi connectivity index (χ0v) is 21.7. The number of rotatable bonds is 7. The molecule has 0 bridgehead atoms. The lowest BCUT2D eigenvalue weighted by atomic mass is 10.3. The second-order valence-electron chi connectivity index (χ2n) is 8.09. The Labute approximate surface area is 224 Å². The first-order valence-corrected chi connectivity index (χ1v) is 13.9. The number of benzene rings is 2. The van der Waals surface area contributed by atoms with Crippen molar-refractivity contribution >= 4 is 54.9 Å². The smallest absolute Gasteiger partial charge is 0.430 e. The highest BCUT2D eigenvalue weighted by Gasteiger charge is 2.45. The number of fused-ring (bicyclic) bond motifs is 1. The topological polar surface area (TPSA) is 107 Å². The summed E-state index contributed by atoms with van der Waals surface area (Å²) in [7, 11) is -4.36. The third kappa shape index (κ3) is 5.62. The van der Waals surface area contributed by atoms with Crippen molar-refractivity contribution in [3.05, 3.63) is 64.6 Å². The molecule has 1 fully saturated rings. The molecule has 0 aliphatic carbocycles. The fourth-order valence-electron chi connectivity index (χ4n) is 3.67. The largest absolute Gasteiger partial charge is 0.456 e. The Bertz CT molecular complexity index is 1560. The van der Waals surface area contributed by atoms with Gasteiger partial charge in [-0.15, -0.1) is 0 Å². The third-order valence-electron chi connectivity index (χ3n) is 5.47. The van der Waals surface area contributed by atoms with Crippen LogP contribution in [0.15, 0.2) is 59.6 Å². The zero-order chi connectivity index (χ0) is 26.9. The van der Waals surface area contributed by atoms with Crippen LogP contribution >= 0.6 is 22.9 Å². The molecule has 1 atom stereocenters. The number of anilines is 2. The number of hydrogen-bond donors (Lipinski definition) is 1. The van der Waals surface area contributed by atoms with Crippen molar-refractivity contribution in [3.8, 4) is 5.88 Å². The van der Waals surface area contributed by atoms with Gasteiger partial charge in [0.25, 0.3) is 15.9 Å². The summed E-state index contributed by atoms with van der Waals surface area (Å²) >= 11 is 6.87. The van der Waals surface area contributed by atoms with E-state index in [1.165, 1.54) is 24.3 Å². The van der Waals surface area contributed by atoms with Crippen LogP contribution in [0.1, 0.15) is 11.0 Å². The van der Waals surface area contributed by atoms with E-state index in [0.29, 0.717) is 31.4 Å². The first-order chi connectivity index (χ1) is 18.1. The average molecular weight is 586 g/mol. The molecule has 0 amide bonds. The molecule has 1 N–H and O–H groups in total. The number of nitrogens with one attached hydrogen (secondary N) is 1. The summed E-state index contributed by atoms with van der Waals surface area (Å²) in [5, 5.41) is 0.315. The fourth-order valence-corrected chi connectivity index (χ4v) is 6.22. The first kappa shape index (κ1) is 26.4. The van der Waals surface area contributed by atoms with Crippen LogP contribution in [0.3, 0.4) is 0 Å². The van der Waals surface area contributed by atoms with Crippen LogP contribution in [0, 0.1) is 0 Å². The quantitative estimate of drug-likeness (QED) is 0.321. The normalized spacial score (nSPS) is 15.4. The van der Waals surface area contributed by atoms with Crippen molar-refractivity contribution in [1.29, 1.82) is 0 Å². The summed E-state index contributed by atoms with van der Waals surface area (Å²) in [6.07, 6.45) is -6.26. The number of aromatic nitrogens is 3. The van der Waals surface area contributed by atoms with E-state index in [-0.39, 0.29) is 25.8 Å². The number of halogens is 4. The van der Waals surface area contributed by atoms with Gasteiger partial charge in [-0.2, -0.15) is 13.2 Å². The van der Waals surface area contributed by atoms with Gasteiger partial charge in [-0.25, -0.2) is 23.4 Å². The summed E-state index contributed by atoms with van der Waals surface area (Å²) in [4.78, 5) is 13.8. The van der Waals surface area contributed by atoms with E-state index in [1.54, 1.807) is 24.3 Å². The summed E-state index contributed by atoms with van der Waals surface area (Å²) in [6.45, 7) is 1.87. The van der Waals surface area contributed by atoms with Crippen molar-refractivity contribution in [2.24, 2.45) is 0 Å². The van der Waals surface area contributed by atoms with Gasteiger partial charge in [0.15, 0.2) is 5.13 Å². The number of alkyl halides is 3. The molecule has 9 nitrogen and oxygen atoms in total. The second-order valence-corrected chi connectivity index (χ2v) is 11.2. The summed E-state index contributed by atoms with van der Waals surface area (Å²) in [5.41, 5.74) is 0.454.